The Labute approximate surface area is 186 Å². The van der Waals surface area contributed by atoms with Crippen molar-refractivity contribution in [1.29, 1.82) is 10.5 Å². The van der Waals surface area contributed by atoms with Crippen molar-refractivity contribution < 1.29 is 14.3 Å². The number of benzene rings is 2. The van der Waals surface area contributed by atoms with Crippen molar-refractivity contribution in [3.8, 4) is 23.4 Å². The lowest BCUT2D eigenvalue weighted by molar-refractivity contribution is 0.0692. The minimum atomic E-state index is -1.38. The molecule has 1 aliphatic heterocycles. The molecule has 10 nitrogen and oxygen atoms in total. The lowest BCUT2D eigenvalue weighted by Gasteiger charge is -2.27. The molecule has 0 radical (unpaired) electrons. The van der Waals surface area contributed by atoms with Gasteiger partial charge in [-0.1, -0.05) is 30.3 Å². The molecule has 0 saturated heterocycles. The van der Waals surface area contributed by atoms with Crippen LogP contribution in [0.15, 0.2) is 47.5 Å². The van der Waals surface area contributed by atoms with Crippen molar-refractivity contribution in [3.63, 3.8) is 0 Å². The minimum absolute atomic E-state index is 0.0122. The zero-order valence-corrected chi connectivity index (χ0v) is 16.8. The van der Waals surface area contributed by atoms with E-state index in [1.807, 2.05) is 6.07 Å². The number of nitrogens with one attached hydrogen (secondary N) is 2. The minimum Gasteiger partial charge on any atom is -0.478 e. The van der Waals surface area contributed by atoms with Gasteiger partial charge in [0.05, 0.1) is 11.3 Å². The summed E-state index contributed by atoms with van der Waals surface area (Å²) in [7, 11) is 0. The molecule has 1 atom stereocenters. The predicted molar refractivity (Wildman–Crippen MR) is 118 cm³/mol. The summed E-state index contributed by atoms with van der Waals surface area (Å²) in [6.07, 6.45) is 1.77. The van der Waals surface area contributed by atoms with Crippen LogP contribution >= 0.6 is 0 Å². The molecule has 0 amide bonds. The second-order valence-corrected chi connectivity index (χ2v) is 6.99. The van der Waals surface area contributed by atoms with Gasteiger partial charge in [-0.2, -0.15) is 10.5 Å². The maximum Gasteiger partial charge on any atom is 0.338 e. The molecule has 0 bridgehead atoms. The number of fused-ring (bicyclic) bond motifs is 1. The van der Waals surface area contributed by atoms with Crippen LogP contribution in [0, 0.1) is 28.6 Å². The second-order valence-electron chi connectivity index (χ2n) is 6.99. The third-order valence-corrected chi connectivity index (χ3v) is 5.12. The fraction of sp³-hybridized carbons (Fsp3) is 0.0455. The van der Waals surface area contributed by atoms with Crippen molar-refractivity contribution in [2.45, 2.75) is 6.04 Å². The Bertz CT molecular complexity index is 1420. The largest absolute Gasteiger partial charge is 0.478 e. The van der Waals surface area contributed by atoms with E-state index < -0.39 is 23.4 Å². The summed E-state index contributed by atoms with van der Waals surface area (Å²) in [6.45, 7) is 0. The van der Waals surface area contributed by atoms with Gasteiger partial charge < -0.3 is 21.9 Å². The number of nitrogen functional groups attached to an aromatic ring is 2. The highest BCUT2D eigenvalue weighted by Crippen LogP contribution is 2.43. The zero-order chi connectivity index (χ0) is 23.7. The smallest absolute Gasteiger partial charge is 0.338 e. The molecule has 7 N–H and O–H groups in total. The number of hydrogen-bond donors (Lipinski definition) is 5. The first-order chi connectivity index (χ1) is 15.8. The molecule has 3 aromatic rings. The number of guanidine groups is 1. The number of nitrogens with zero attached hydrogens (tertiary/aromatic N) is 4. The van der Waals surface area contributed by atoms with Crippen molar-refractivity contribution in [2.24, 2.45) is 4.99 Å². The summed E-state index contributed by atoms with van der Waals surface area (Å²) >= 11 is 0. The molecule has 1 unspecified atom stereocenters. The van der Waals surface area contributed by atoms with Gasteiger partial charge in [0.2, 0.25) is 5.96 Å². The van der Waals surface area contributed by atoms with E-state index in [0.29, 0.717) is 22.3 Å². The summed E-state index contributed by atoms with van der Waals surface area (Å²) in [5.41, 5.74) is 13.6. The van der Waals surface area contributed by atoms with Gasteiger partial charge in [-0.15, -0.1) is 0 Å². The van der Waals surface area contributed by atoms with Gasteiger partial charge in [-0.25, -0.2) is 19.2 Å². The molecule has 1 aromatic heterocycles. The molecule has 2 aromatic carbocycles. The van der Waals surface area contributed by atoms with Crippen molar-refractivity contribution >= 4 is 29.3 Å². The second kappa shape index (κ2) is 8.17. The Morgan fingerprint density at radius 3 is 2.64 bits per heavy atom. The Balaban J connectivity index is 1.96. The van der Waals surface area contributed by atoms with Gasteiger partial charge in [0.1, 0.15) is 35.1 Å². The van der Waals surface area contributed by atoms with Gasteiger partial charge in [-0.3, -0.25) is 5.32 Å². The zero-order valence-electron chi connectivity index (χ0n) is 16.8. The molecule has 33 heavy (non-hydrogen) atoms. The van der Waals surface area contributed by atoms with Gasteiger partial charge in [0.25, 0.3) is 0 Å². The number of rotatable bonds is 3. The van der Waals surface area contributed by atoms with Crippen LogP contribution in [0.25, 0.3) is 11.1 Å². The number of aromatic carboxylic acids is 1. The molecule has 0 fully saturated rings. The number of anilines is 3. The number of pyridine rings is 1. The Morgan fingerprint density at radius 2 is 1.97 bits per heavy atom. The van der Waals surface area contributed by atoms with E-state index >= 15 is 0 Å². The lowest BCUT2D eigenvalue weighted by Crippen LogP contribution is -2.33. The quantitative estimate of drug-likeness (QED) is 0.300. The monoisotopic (exact) mass is 442 g/mol. The highest BCUT2D eigenvalue weighted by Gasteiger charge is 2.31. The molecular formula is C22H15FN8O2. The van der Waals surface area contributed by atoms with E-state index in [-0.39, 0.29) is 28.8 Å². The summed E-state index contributed by atoms with van der Waals surface area (Å²) < 4.78 is 14.4. The van der Waals surface area contributed by atoms with Crippen LogP contribution in [0.5, 0.6) is 0 Å². The van der Waals surface area contributed by atoms with Crippen LogP contribution in [-0.4, -0.2) is 22.0 Å². The van der Waals surface area contributed by atoms with Gasteiger partial charge in [0, 0.05) is 5.56 Å². The average molecular weight is 442 g/mol. The Hall–Kier alpha value is -5.16. The lowest BCUT2D eigenvalue weighted by atomic mass is 9.89. The molecule has 162 valence electrons. The average Bonchev–Trinajstić information content (AvgIpc) is 2.78. The molecule has 2 heterocycles. The summed E-state index contributed by atoms with van der Waals surface area (Å²) in [5.74, 6) is -2.07. The number of nitrogens with two attached hydrogens (primary N) is 2. The fourth-order valence-electron chi connectivity index (χ4n) is 3.66. The van der Waals surface area contributed by atoms with Crippen LogP contribution < -0.4 is 22.1 Å². The summed E-state index contributed by atoms with van der Waals surface area (Å²) in [4.78, 5) is 19.9. The van der Waals surface area contributed by atoms with Crippen LogP contribution in [0.1, 0.15) is 33.1 Å². The first kappa shape index (κ1) is 21.1. The van der Waals surface area contributed by atoms with Gasteiger partial charge in [0.15, 0.2) is 6.19 Å². The summed E-state index contributed by atoms with van der Waals surface area (Å²) in [6, 6.07) is 11.8. The van der Waals surface area contributed by atoms with Crippen LogP contribution in [0.3, 0.4) is 0 Å². The van der Waals surface area contributed by atoms with E-state index in [4.69, 9.17) is 21.8 Å². The first-order valence-electron chi connectivity index (χ1n) is 9.46. The topological polar surface area (TPSA) is 186 Å². The van der Waals surface area contributed by atoms with Crippen LogP contribution in [-0.2, 0) is 0 Å². The molecule has 1 aliphatic rings. The molecule has 11 heteroatoms. The highest BCUT2D eigenvalue weighted by atomic mass is 19.1. The molecule has 0 aliphatic carbocycles. The number of halogens is 1. The molecule has 0 saturated carbocycles. The van der Waals surface area contributed by atoms with E-state index in [1.165, 1.54) is 12.1 Å². The normalized spacial score (nSPS) is 14.2. The SMILES string of the molecule is N#CNC1=NC(c2ccccc2-c2ccc(C(=O)O)c(F)c2)c2c(nc(N)c(C#N)c2N)N1. The number of aliphatic imine (C=N–C) groups is 1. The van der Waals surface area contributed by atoms with Crippen molar-refractivity contribution in [1.82, 2.24) is 10.3 Å². The summed E-state index contributed by atoms with van der Waals surface area (Å²) in [5, 5.41) is 32.9. The predicted octanol–water partition coefficient (Wildman–Crippen LogP) is 2.56. The van der Waals surface area contributed by atoms with E-state index in [9.17, 15) is 14.4 Å². The third-order valence-electron chi connectivity index (χ3n) is 5.12. The fourth-order valence-corrected chi connectivity index (χ4v) is 3.66. The molecule has 0 spiro atoms. The molecular weight excluding hydrogens is 427 g/mol. The highest BCUT2D eigenvalue weighted by molar-refractivity contribution is 5.98. The van der Waals surface area contributed by atoms with Gasteiger partial charge >= 0.3 is 5.97 Å². The van der Waals surface area contributed by atoms with E-state index in [0.717, 1.165) is 6.07 Å². The Kier molecular flexibility index (Phi) is 5.22. The molecule has 4 rings (SSSR count). The maximum atomic E-state index is 14.4. The number of nitriles is 2. The number of carboxylic acids is 1. The van der Waals surface area contributed by atoms with E-state index in [1.54, 1.807) is 30.5 Å². The maximum absolute atomic E-state index is 14.4. The number of carbonyl (C=O) groups is 1. The van der Waals surface area contributed by atoms with E-state index in [2.05, 4.69) is 20.6 Å². The van der Waals surface area contributed by atoms with Crippen LogP contribution in [0.2, 0.25) is 0 Å². The number of hydrogen-bond acceptors (Lipinski definition) is 9. The number of aromatic nitrogens is 1. The number of carboxylic acid groups (broad SMARTS) is 1. The van der Waals surface area contributed by atoms with Gasteiger partial charge in [-0.05, 0) is 28.8 Å². The Morgan fingerprint density at radius 1 is 1.21 bits per heavy atom. The van der Waals surface area contributed by atoms with Crippen molar-refractivity contribution in [2.75, 3.05) is 16.8 Å². The third kappa shape index (κ3) is 3.60. The van der Waals surface area contributed by atoms with Crippen LogP contribution in [0.4, 0.5) is 21.7 Å². The first-order valence-corrected chi connectivity index (χ1v) is 9.46. The van der Waals surface area contributed by atoms with Crippen molar-refractivity contribution in [3.05, 3.63) is 70.5 Å². The standard InChI is InChI=1S/C22H15FN8O2/c23-15-7-10(5-6-13(15)21(32)33)11-3-1-2-4-12(11)18-16-17(26)14(8-24)19(27)30-20(16)31-22(29-18)28-9-25/h1-7,18H,(H,32,33)(H6,26,27,28,29,30,31).